The van der Waals surface area contributed by atoms with Gasteiger partial charge in [0.15, 0.2) is 5.84 Å². The average Bonchev–Trinajstić information content (AvgIpc) is 2.40. The fourth-order valence-electron chi connectivity index (χ4n) is 1.72. The number of nitrogens with zero attached hydrogens (tertiary/aromatic N) is 2. The van der Waals surface area contributed by atoms with Crippen LogP contribution in [0.25, 0.3) is 0 Å². The maximum atomic E-state index is 13.7. The number of carbonyl (C=O) groups excluding carboxylic acids is 1. The second-order valence-electron chi connectivity index (χ2n) is 4.30. The molecule has 0 atom stereocenters. The fraction of sp³-hybridized carbons (Fsp3) is 0.385. The minimum atomic E-state index is -0.573. The van der Waals surface area contributed by atoms with E-state index < -0.39 is 11.7 Å². The highest BCUT2D eigenvalue weighted by atomic mass is 19.1. The van der Waals surface area contributed by atoms with Gasteiger partial charge in [0.2, 0.25) is 0 Å². The molecule has 1 aromatic carbocycles. The van der Waals surface area contributed by atoms with Gasteiger partial charge in [-0.2, -0.15) is 0 Å². The number of benzene rings is 1. The number of rotatable bonds is 5. The number of hydrogen-bond acceptors (Lipinski definition) is 3. The van der Waals surface area contributed by atoms with Gasteiger partial charge in [0.05, 0.1) is 12.1 Å². The summed E-state index contributed by atoms with van der Waals surface area (Å²) in [5.74, 6) is -1.12. The van der Waals surface area contributed by atoms with Crippen molar-refractivity contribution >= 4 is 11.7 Å². The van der Waals surface area contributed by atoms with Crippen LogP contribution >= 0.6 is 0 Å². The van der Waals surface area contributed by atoms with Gasteiger partial charge in [-0.05, 0) is 25.5 Å². The third kappa shape index (κ3) is 3.94. The lowest BCUT2D eigenvalue weighted by molar-refractivity contribution is 0.0773. The van der Waals surface area contributed by atoms with E-state index in [0.29, 0.717) is 13.0 Å². The predicted octanol–water partition coefficient (Wildman–Crippen LogP) is 1.73. The fourth-order valence-corrected chi connectivity index (χ4v) is 1.72. The summed E-state index contributed by atoms with van der Waals surface area (Å²) < 4.78 is 13.7. The van der Waals surface area contributed by atoms with Crippen LogP contribution in [-0.2, 0) is 0 Å². The van der Waals surface area contributed by atoms with E-state index in [1.54, 1.807) is 13.0 Å². The van der Waals surface area contributed by atoms with Gasteiger partial charge in [-0.1, -0.05) is 23.7 Å². The smallest absolute Gasteiger partial charge is 0.257 e. The summed E-state index contributed by atoms with van der Waals surface area (Å²) in [5.41, 5.74) is 6.20. The van der Waals surface area contributed by atoms with Crippen LogP contribution in [0.4, 0.5) is 4.39 Å². The molecule has 6 heteroatoms. The van der Waals surface area contributed by atoms with Crippen LogP contribution in [0.15, 0.2) is 23.4 Å². The molecular weight excluding hydrogens is 249 g/mol. The molecule has 0 fully saturated rings. The van der Waals surface area contributed by atoms with Gasteiger partial charge in [-0.3, -0.25) is 4.79 Å². The highest BCUT2D eigenvalue weighted by Gasteiger charge is 2.19. The summed E-state index contributed by atoms with van der Waals surface area (Å²) in [7, 11) is 0. The molecule has 3 N–H and O–H groups in total. The number of amides is 1. The molecule has 1 aromatic rings. The van der Waals surface area contributed by atoms with Crippen molar-refractivity contribution in [2.45, 2.75) is 20.3 Å². The summed E-state index contributed by atoms with van der Waals surface area (Å²) >= 11 is 0. The largest absolute Gasteiger partial charge is 0.409 e. The maximum Gasteiger partial charge on any atom is 0.257 e. The van der Waals surface area contributed by atoms with Crippen molar-refractivity contribution in [1.82, 2.24) is 4.90 Å². The first kappa shape index (κ1) is 14.9. The Morgan fingerprint density at radius 3 is 2.79 bits per heavy atom. The lowest BCUT2D eigenvalue weighted by Gasteiger charge is -2.21. The van der Waals surface area contributed by atoms with Crippen LogP contribution in [0.2, 0.25) is 0 Å². The van der Waals surface area contributed by atoms with Crippen molar-refractivity contribution in [2.75, 3.05) is 13.1 Å². The van der Waals surface area contributed by atoms with E-state index in [0.717, 1.165) is 5.56 Å². The normalized spacial score (nSPS) is 11.4. The lowest BCUT2D eigenvalue weighted by atomic mass is 10.1. The van der Waals surface area contributed by atoms with E-state index in [2.05, 4.69) is 5.16 Å². The molecule has 0 spiro atoms. The van der Waals surface area contributed by atoms with Crippen molar-refractivity contribution in [3.8, 4) is 0 Å². The number of nitrogens with two attached hydrogens (primary N) is 1. The van der Waals surface area contributed by atoms with Crippen molar-refractivity contribution in [3.63, 3.8) is 0 Å². The number of carbonyl (C=O) groups is 1. The van der Waals surface area contributed by atoms with E-state index in [9.17, 15) is 9.18 Å². The third-order valence-electron chi connectivity index (χ3n) is 2.61. The minimum Gasteiger partial charge on any atom is -0.409 e. The molecule has 5 nitrogen and oxygen atoms in total. The molecule has 0 saturated carbocycles. The van der Waals surface area contributed by atoms with Gasteiger partial charge in [0.1, 0.15) is 5.82 Å². The van der Waals surface area contributed by atoms with Gasteiger partial charge < -0.3 is 15.8 Å². The number of aryl methyl sites for hydroxylation is 1. The molecule has 1 amide bonds. The maximum absolute atomic E-state index is 13.7. The Morgan fingerprint density at radius 2 is 2.21 bits per heavy atom. The summed E-state index contributed by atoms with van der Waals surface area (Å²) in [5, 5.41) is 11.4. The molecule has 19 heavy (non-hydrogen) atoms. The van der Waals surface area contributed by atoms with E-state index in [1.807, 2.05) is 6.92 Å². The lowest BCUT2D eigenvalue weighted by Crippen LogP contribution is -2.39. The van der Waals surface area contributed by atoms with Crippen molar-refractivity contribution in [3.05, 3.63) is 35.1 Å². The third-order valence-corrected chi connectivity index (χ3v) is 2.61. The Kier molecular flexibility index (Phi) is 5.29. The van der Waals surface area contributed by atoms with Crippen LogP contribution in [-0.4, -0.2) is 34.9 Å². The number of hydrogen-bond donors (Lipinski definition) is 2. The van der Waals surface area contributed by atoms with Gasteiger partial charge >= 0.3 is 0 Å². The molecule has 0 heterocycles. The zero-order valence-electron chi connectivity index (χ0n) is 11.1. The molecule has 0 aromatic heterocycles. The molecule has 0 saturated heterocycles. The van der Waals surface area contributed by atoms with Crippen molar-refractivity contribution in [2.24, 2.45) is 10.9 Å². The van der Waals surface area contributed by atoms with Crippen molar-refractivity contribution < 1.29 is 14.4 Å². The van der Waals surface area contributed by atoms with Gasteiger partial charge in [-0.25, -0.2) is 4.39 Å². The molecule has 0 aliphatic rings. The number of halogens is 1. The van der Waals surface area contributed by atoms with Gasteiger partial charge in [0, 0.05) is 6.54 Å². The molecular formula is C13H18FN3O2. The Hall–Kier alpha value is -2.11. The Morgan fingerprint density at radius 1 is 1.53 bits per heavy atom. The zero-order valence-corrected chi connectivity index (χ0v) is 11.1. The molecule has 104 valence electrons. The Bertz CT molecular complexity index is 489. The highest BCUT2D eigenvalue weighted by Crippen LogP contribution is 2.13. The first-order valence-electron chi connectivity index (χ1n) is 6.01. The molecule has 0 aliphatic heterocycles. The molecule has 1 rings (SSSR count). The first-order chi connectivity index (χ1) is 8.99. The quantitative estimate of drug-likeness (QED) is 0.369. The van der Waals surface area contributed by atoms with Crippen LogP contribution < -0.4 is 5.73 Å². The standard InChI is InChI=1S/C13H18FN3O2/c1-3-6-17(8-12(15)16-19)13(18)10-7-9(2)4-5-11(10)14/h4-5,7,19H,3,6,8H2,1-2H3,(H2,15,16). The van der Waals surface area contributed by atoms with Crippen molar-refractivity contribution in [1.29, 1.82) is 0 Å². The summed E-state index contributed by atoms with van der Waals surface area (Å²) in [4.78, 5) is 13.6. The predicted molar refractivity (Wildman–Crippen MR) is 70.7 cm³/mol. The van der Waals surface area contributed by atoms with Crippen LogP contribution in [0, 0.1) is 12.7 Å². The zero-order chi connectivity index (χ0) is 14.4. The van der Waals surface area contributed by atoms with Gasteiger partial charge in [0.25, 0.3) is 5.91 Å². The second-order valence-corrected chi connectivity index (χ2v) is 4.30. The molecule has 0 unspecified atom stereocenters. The topological polar surface area (TPSA) is 78.9 Å². The van der Waals surface area contributed by atoms with E-state index in [4.69, 9.17) is 10.9 Å². The molecule has 0 aliphatic carbocycles. The monoisotopic (exact) mass is 267 g/mol. The van der Waals surface area contributed by atoms with Crippen LogP contribution in [0.1, 0.15) is 29.3 Å². The van der Waals surface area contributed by atoms with Crippen LogP contribution in [0.5, 0.6) is 0 Å². The number of amidine groups is 1. The SMILES string of the molecule is CCCN(CC(N)=NO)C(=O)c1cc(C)ccc1F. The van der Waals surface area contributed by atoms with Crippen LogP contribution in [0.3, 0.4) is 0 Å². The summed E-state index contributed by atoms with van der Waals surface area (Å²) in [6.45, 7) is 4.04. The minimum absolute atomic E-state index is 0.000750. The highest BCUT2D eigenvalue weighted by molar-refractivity contribution is 5.97. The average molecular weight is 267 g/mol. The second kappa shape index (κ2) is 6.72. The summed E-state index contributed by atoms with van der Waals surface area (Å²) in [6, 6.07) is 4.35. The molecule has 0 bridgehead atoms. The first-order valence-corrected chi connectivity index (χ1v) is 6.01. The van der Waals surface area contributed by atoms with E-state index in [1.165, 1.54) is 17.0 Å². The molecule has 0 radical (unpaired) electrons. The summed E-state index contributed by atoms with van der Waals surface area (Å²) in [6.07, 6.45) is 0.692. The van der Waals surface area contributed by atoms with Gasteiger partial charge in [-0.15, -0.1) is 0 Å². The Balaban J connectivity index is 3.01. The number of oxime groups is 1. The van der Waals surface area contributed by atoms with E-state index >= 15 is 0 Å². The Labute approximate surface area is 111 Å². The van der Waals surface area contributed by atoms with E-state index in [-0.39, 0.29) is 17.9 Å².